The van der Waals surface area contributed by atoms with Crippen molar-refractivity contribution < 1.29 is 22.7 Å². The van der Waals surface area contributed by atoms with E-state index in [0.717, 1.165) is 13.0 Å². The maximum atomic E-state index is 12.7. The molecule has 0 bridgehead atoms. The summed E-state index contributed by atoms with van der Waals surface area (Å²) < 4.78 is 43.2. The zero-order valence-electron chi connectivity index (χ0n) is 13.3. The Hall–Kier alpha value is -0.860. The van der Waals surface area contributed by atoms with Crippen molar-refractivity contribution in [3.63, 3.8) is 0 Å². The first kappa shape index (κ1) is 17.0. The second-order valence-electron chi connectivity index (χ2n) is 6.89. The predicted octanol–water partition coefficient (Wildman–Crippen LogP) is 0.991. The molecule has 0 unspecified atom stereocenters. The van der Waals surface area contributed by atoms with E-state index in [1.807, 2.05) is 0 Å². The number of morpholine rings is 1. The molecule has 1 N–H and O–H groups in total. The highest BCUT2D eigenvalue weighted by Crippen LogP contribution is 2.33. The minimum atomic E-state index is -4.31. The van der Waals surface area contributed by atoms with Gasteiger partial charge in [0, 0.05) is 31.2 Å². The molecule has 3 atom stereocenters. The molecular formula is C15H24F3N3O2. The largest absolute Gasteiger partial charge is 0.401 e. The van der Waals surface area contributed by atoms with E-state index in [0.29, 0.717) is 12.1 Å². The Bertz CT molecular complexity index is 442. The summed E-state index contributed by atoms with van der Waals surface area (Å²) in [5.74, 6) is -0.344. The van der Waals surface area contributed by atoms with E-state index < -0.39 is 18.8 Å². The fourth-order valence-corrected chi connectivity index (χ4v) is 3.67. The average Bonchev–Trinajstić information content (AvgIpc) is 3.22. The molecule has 1 amide bonds. The van der Waals surface area contributed by atoms with E-state index in [9.17, 15) is 18.0 Å². The topological polar surface area (TPSA) is 44.8 Å². The van der Waals surface area contributed by atoms with Crippen LogP contribution in [-0.2, 0) is 9.53 Å². The highest BCUT2D eigenvalue weighted by atomic mass is 19.4. The Morgan fingerprint density at radius 3 is 2.74 bits per heavy atom. The lowest BCUT2D eigenvalue weighted by atomic mass is 10.1. The number of carbonyl (C=O) groups is 1. The molecule has 0 aromatic carbocycles. The van der Waals surface area contributed by atoms with E-state index >= 15 is 0 Å². The van der Waals surface area contributed by atoms with Gasteiger partial charge in [0.05, 0.1) is 19.8 Å². The van der Waals surface area contributed by atoms with Crippen LogP contribution < -0.4 is 5.32 Å². The van der Waals surface area contributed by atoms with Crippen LogP contribution in [0.1, 0.15) is 26.2 Å². The molecule has 23 heavy (non-hydrogen) atoms. The molecule has 3 aliphatic rings. The molecular weight excluding hydrogens is 311 g/mol. The van der Waals surface area contributed by atoms with Crippen molar-refractivity contribution >= 4 is 5.91 Å². The van der Waals surface area contributed by atoms with Crippen molar-refractivity contribution in [1.29, 1.82) is 0 Å². The van der Waals surface area contributed by atoms with Gasteiger partial charge in [-0.15, -0.1) is 0 Å². The molecule has 0 radical (unpaired) electrons. The van der Waals surface area contributed by atoms with Crippen molar-refractivity contribution in [3.05, 3.63) is 0 Å². The number of hydrogen-bond donors (Lipinski definition) is 1. The quantitative estimate of drug-likeness (QED) is 0.832. The number of nitrogens with zero attached hydrogens (tertiary/aromatic N) is 2. The monoisotopic (exact) mass is 335 g/mol. The Morgan fingerprint density at radius 2 is 2.09 bits per heavy atom. The second-order valence-corrected chi connectivity index (χ2v) is 6.89. The first-order chi connectivity index (χ1) is 10.8. The smallest absolute Gasteiger partial charge is 0.378 e. The third-order valence-corrected chi connectivity index (χ3v) is 4.91. The third-order valence-electron chi connectivity index (χ3n) is 4.91. The van der Waals surface area contributed by atoms with Crippen LogP contribution in [0.15, 0.2) is 0 Å². The normalized spacial score (nSPS) is 33.8. The highest BCUT2D eigenvalue weighted by molar-refractivity contribution is 5.82. The van der Waals surface area contributed by atoms with Gasteiger partial charge in [-0.25, -0.2) is 0 Å². The molecule has 1 aliphatic carbocycles. The molecule has 2 heterocycles. The van der Waals surface area contributed by atoms with Crippen LogP contribution in [-0.4, -0.2) is 78.9 Å². The van der Waals surface area contributed by atoms with Gasteiger partial charge in [0.2, 0.25) is 5.91 Å². The number of halogens is 3. The molecule has 0 aromatic rings. The van der Waals surface area contributed by atoms with E-state index in [2.05, 4.69) is 17.1 Å². The molecule has 2 saturated heterocycles. The standard InChI is InChI=1S/C15H24F3N3O2/c1-10-6-11(7-21(10)12-2-3-12)19-14(22)13-8-23-5-4-20(13)9-15(16,17)18/h10-13H,2-9H2,1H3,(H,19,22)/t10-,11+,13-/m1/s1. The van der Waals surface area contributed by atoms with Gasteiger partial charge in [-0.3, -0.25) is 14.6 Å². The summed E-state index contributed by atoms with van der Waals surface area (Å²) in [4.78, 5) is 16.0. The third kappa shape index (κ3) is 4.36. The van der Waals surface area contributed by atoms with E-state index in [1.54, 1.807) is 0 Å². The fraction of sp³-hybridized carbons (Fsp3) is 0.933. The number of rotatable bonds is 4. The lowest BCUT2D eigenvalue weighted by molar-refractivity contribution is -0.167. The SMILES string of the molecule is C[C@@H]1C[C@H](NC(=O)[C@H]2COCCN2CC(F)(F)F)CN1C1CC1. The Kier molecular flexibility index (Phi) is 4.85. The molecule has 2 aliphatic heterocycles. The Labute approximate surface area is 134 Å². The Morgan fingerprint density at radius 1 is 1.35 bits per heavy atom. The van der Waals surface area contributed by atoms with Crippen molar-refractivity contribution in [3.8, 4) is 0 Å². The number of amides is 1. The number of nitrogens with one attached hydrogen (secondary N) is 1. The molecule has 3 rings (SSSR count). The van der Waals surface area contributed by atoms with E-state index in [-0.39, 0.29) is 31.7 Å². The van der Waals surface area contributed by atoms with Crippen LogP contribution in [0.3, 0.4) is 0 Å². The molecule has 5 nitrogen and oxygen atoms in total. The van der Waals surface area contributed by atoms with Crippen LogP contribution in [0, 0.1) is 0 Å². The van der Waals surface area contributed by atoms with Gasteiger partial charge in [-0.05, 0) is 26.2 Å². The van der Waals surface area contributed by atoms with Gasteiger partial charge in [0.25, 0.3) is 0 Å². The number of likely N-dealkylation sites (tertiary alicyclic amines) is 1. The predicted molar refractivity (Wildman–Crippen MR) is 78.0 cm³/mol. The van der Waals surface area contributed by atoms with Crippen molar-refractivity contribution in [2.24, 2.45) is 0 Å². The summed E-state index contributed by atoms with van der Waals surface area (Å²) in [5, 5.41) is 2.94. The maximum absolute atomic E-state index is 12.7. The molecule has 0 aromatic heterocycles. The summed E-state index contributed by atoms with van der Waals surface area (Å²) in [6.07, 6.45) is -1.03. The second kappa shape index (κ2) is 6.57. The van der Waals surface area contributed by atoms with Gasteiger partial charge < -0.3 is 10.1 Å². The van der Waals surface area contributed by atoms with E-state index in [1.165, 1.54) is 17.7 Å². The molecule has 132 valence electrons. The lowest BCUT2D eigenvalue weighted by Gasteiger charge is -2.35. The van der Waals surface area contributed by atoms with Gasteiger partial charge in [-0.2, -0.15) is 13.2 Å². The minimum absolute atomic E-state index is 0.0211. The summed E-state index contributed by atoms with van der Waals surface area (Å²) in [6.45, 7) is 2.26. The summed E-state index contributed by atoms with van der Waals surface area (Å²) >= 11 is 0. The first-order valence-corrected chi connectivity index (χ1v) is 8.28. The maximum Gasteiger partial charge on any atom is 0.401 e. The van der Waals surface area contributed by atoms with Crippen LogP contribution in [0.5, 0.6) is 0 Å². The zero-order valence-corrected chi connectivity index (χ0v) is 13.3. The summed E-state index contributed by atoms with van der Waals surface area (Å²) in [7, 11) is 0. The van der Waals surface area contributed by atoms with E-state index in [4.69, 9.17) is 4.74 Å². The molecule has 1 saturated carbocycles. The average molecular weight is 335 g/mol. The van der Waals surface area contributed by atoms with Gasteiger partial charge in [0.15, 0.2) is 0 Å². The lowest BCUT2D eigenvalue weighted by Crippen LogP contribution is -2.57. The van der Waals surface area contributed by atoms with Gasteiger partial charge in [-0.1, -0.05) is 0 Å². The number of ether oxygens (including phenoxy) is 1. The van der Waals surface area contributed by atoms with Crippen LogP contribution in [0.2, 0.25) is 0 Å². The van der Waals surface area contributed by atoms with Crippen LogP contribution in [0.4, 0.5) is 13.2 Å². The number of alkyl halides is 3. The highest BCUT2D eigenvalue weighted by Gasteiger charge is 2.42. The van der Waals surface area contributed by atoms with Crippen molar-refractivity contribution in [2.75, 3.05) is 32.8 Å². The van der Waals surface area contributed by atoms with Crippen LogP contribution >= 0.6 is 0 Å². The molecule has 3 fully saturated rings. The minimum Gasteiger partial charge on any atom is -0.378 e. The summed E-state index contributed by atoms with van der Waals surface area (Å²) in [5.41, 5.74) is 0. The van der Waals surface area contributed by atoms with Gasteiger partial charge >= 0.3 is 6.18 Å². The van der Waals surface area contributed by atoms with Crippen LogP contribution in [0.25, 0.3) is 0 Å². The number of carbonyl (C=O) groups excluding carboxylic acids is 1. The van der Waals surface area contributed by atoms with Gasteiger partial charge in [0.1, 0.15) is 6.04 Å². The molecule has 0 spiro atoms. The zero-order chi connectivity index (χ0) is 16.6. The fourth-order valence-electron chi connectivity index (χ4n) is 3.67. The first-order valence-electron chi connectivity index (χ1n) is 8.28. The summed E-state index contributed by atoms with van der Waals surface area (Å²) in [6, 6.07) is 0.219. The molecule has 8 heteroatoms. The number of hydrogen-bond acceptors (Lipinski definition) is 4. The Balaban J connectivity index is 1.55. The van der Waals surface area contributed by atoms with Crippen molar-refractivity contribution in [2.45, 2.75) is 56.5 Å². The van der Waals surface area contributed by atoms with Crippen molar-refractivity contribution in [1.82, 2.24) is 15.1 Å².